The zero-order chi connectivity index (χ0) is 13.0. The van der Waals surface area contributed by atoms with Gasteiger partial charge in [-0.1, -0.05) is 6.92 Å². The summed E-state index contributed by atoms with van der Waals surface area (Å²) in [7, 11) is 1.96. The third-order valence-electron chi connectivity index (χ3n) is 3.67. The van der Waals surface area contributed by atoms with E-state index < -0.39 is 0 Å². The monoisotopic (exact) mass is 249 g/mol. The van der Waals surface area contributed by atoms with E-state index in [4.69, 9.17) is 5.11 Å². The van der Waals surface area contributed by atoms with Crippen molar-refractivity contribution < 1.29 is 5.11 Å². The largest absolute Gasteiger partial charge is 0.395 e. The van der Waals surface area contributed by atoms with E-state index >= 15 is 0 Å². The Kier molecular flexibility index (Phi) is 4.42. The number of pyridine rings is 1. The van der Waals surface area contributed by atoms with Crippen LogP contribution in [0.15, 0.2) is 18.3 Å². The molecule has 0 saturated heterocycles. The summed E-state index contributed by atoms with van der Waals surface area (Å²) in [6, 6.07) is 4.64. The van der Waals surface area contributed by atoms with Crippen LogP contribution in [-0.4, -0.2) is 36.3 Å². The van der Waals surface area contributed by atoms with E-state index in [9.17, 15) is 0 Å². The molecule has 4 heteroatoms. The topological polar surface area (TPSA) is 48.4 Å². The number of rotatable bonds is 5. The molecule has 0 aliphatic heterocycles. The van der Waals surface area contributed by atoms with Crippen molar-refractivity contribution in [1.29, 1.82) is 0 Å². The number of hydrogen-bond acceptors (Lipinski definition) is 4. The van der Waals surface area contributed by atoms with Gasteiger partial charge in [0.1, 0.15) is 5.82 Å². The van der Waals surface area contributed by atoms with Gasteiger partial charge in [-0.15, -0.1) is 0 Å². The molecule has 2 unspecified atom stereocenters. The van der Waals surface area contributed by atoms with E-state index in [2.05, 4.69) is 17.2 Å². The highest BCUT2D eigenvalue weighted by molar-refractivity contribution is 5.49. The van der Waals surface area contributed by atoms with Gasteiger partial charge in [-0.3, -0.25) is 0 Å². The molecule has 100 valence electrons. The molecule has 1 aromatic heterocycles. The summed E-state index contributed by atoms with van der Waals surface area (Å²) in [4.78, 5) is 6.43. The molecule has 0 amide bonds. The average Bonchev–Trinajstić information content (AvgIpc) is 2.76. The lowest BCUT2D eigenvalue weighted by Gasteiger charge is -2.18. The van der Waals surface area contributed by atoms with Gasteiger partial charge in [-0.05, 0) is 37.3 Å². The predicted octanol–water partition coefficient (Wildman–Crippen LogP) is 2.11. The highest BCUT2D eigenvalue weighted by Gasteiger charge is 2.21. The first-order chi connectivity index (χ1) is 8.69. The van der Waals surface area contributed by atoms with Crippen LogP contribution in [0.5, 0.6) is 0 Å². The maximum atomic E-state index is 8.89. The van der Waals surface area contributed by atoms with E-state index in [0.717, 1.165) is 17.4 Å². The number of aliphatic hydroxyl groups excluding tert-OH is 1. The van der Waals surface area contributed by atoms with Crippen molar-refractivity contribution in [1.82, 2.24) is 4.98 Å². The molecule has 0 aromatic carbocycles. The SMILES string of the molecule is CC1CCC(Nc2ccc(N(C)CCO)cn2)C1. The van der Waals surface area contributed by atoms with E-state index in [1.807, 2.05) is 30.3 Å². The molecule has 0 bridgehead atoms. The molecule has 1 aliphatic rings. The van der Waals surface area contributed by atoms with Crippen molar-refractivity contribution in [3.05, 3.63) is 18.3 Å². The van der Waals surface area contributed by atoms with Crippen LogP contribution in [0, 0.1) is 5.92 Å². The van der Waals surface area contributed by atoms with E-state index in [0.29, 0.717) is 12.6 Å². The summed E-state index contributed by atoms with van der Waals surface area (Å²) in [5.74, 6) is 1.78. The molecule has 2 N–H and O–H groups in total. The maximum Gasteiger partial charge on any atom is 0.126 e. The molecule has 2 atom stereocenters. The number of aliphatic hydroxyl groups is 1. The van der Waals surface area contributed by atoms with Crippen molar-refractivity contribution in [3.8, 4) is 0 Å². The first-order valence-corrected chi connectivity index (χ1v) is 6.73. The van der Waals surface area contributed by atoms with Crippen molar-refractivity contribution in [2.24, 2.45) is 5.92 Å². The second kappa shape index (κ2) is 6.05. The second-order valence-corrected chi connectivity index (χ2v) is 5.31. The minimum Gasteiger partial charge on any atom is -0.395 e. The number of anilines is 2. The molecule has 1 aliphatic carbocycles. The summed E-state index contributed by atoms with van der Waals surface area (Å²) in [5, 5.41) is 12.4. The molecule has 2 rings (SSSR count). The fraction of sp³-hybridized carbons (Fsp3) is 0.643. The van der Waals surface area contributed by atoms with Gasteiger partial charge in [-0.25, -0.2) is 4.98 Å². The quantitative estimate of drug-likeness (QED) is 0.839. The lowest BCUT2D eigenvalue weighted by Crippen LogP contribution is -2.21. The molecule has 0 radical (unpaired) electrons. The summed E-state index contributed by atoms with van der Waals surface area (Å²) in [6.07, 6.45) is 5.66. The van der Waals surface area contributed by atoms with Gasteiger partial charge in [0, 0.05) is 19.6 Å². The highest BCUT2D eigenvalue weighted by atomic mass is 16.3. The van der Waals surface area contributed by atoms with Crippen LogP contribution in [0.3, 0.4) is 0 Å². The number of hydrogen-bond donors (Lipinski definition) is 2. The van der Waals surface area contributed by atoms with E-state index in [1.54, 1.807) is 0 Å². The third-order valence-corrected chi connectivity index (χ3v) is 3.67. The smallest absolute Gasteiger partial charge is 0.126 e. The Morgan fingerprint density at radius 1 is 1.44 bits per heavy atom. The minimum absolute atomic E-state index is 0.163. The van der Waals surface area contributed by atoms with Crippen LogP contribution in [0.25, 0.3) is 0 Å². The zero-order valence-electron chi connectivity index (χ0n) is 11.3. The summed E-state index contributed by atoms with van der Waals surface area (Å²) in [5.41, 5.74) is 1.04. The Balaban J connectivity index is 1.91. The molecule has 1 heterocycles. The Morgan fingerprint density at radius 2 is 2.28 bits per heavy atom. The number of aromatic nitrogens is 1. The molecule has 4 nitrogen and oxygen atoms in total. The maximum absolute atomic E-state index is 8.89. The minimum atomic E-state index is 0.163. The van der Waals surface area contributed by atoms with E-state index in [-0.39, 0.29) is 6.61 Å². The van der Waals surface area contributed by atoms with Crippen LogP contribution >= 0.6 is 0 Å². The summed E-state index contributed by atoms with van der Waals surface area (Å²) < 4.78 is 0. The number of nitrogens with zero attached hydrogens (tertiary/aromatic N) is 2. The van der Waals surface area contributed by atoms with Gasteiger partial charge in [0.15, 0.2) is 0 Å². The van der Waals surface area contributed by atoms with Gasteiger partial charge in [0.2, 0.25) is 0 Å². The van der Waals surface area contributed by atoms with Crippen molar-refractivity contribution in [3.63, 3.8) is 0 Å². The number of likely N-dealkylation sites (N-methyl/N-ethyl adjacent to an activating group) is 1. The standard InChI is InChI=1S/C14H23N3O/c1-11-3-4-12(9-11)16-14-6-5-13(10-15-14)17(2)7-8-18/h5-6,10-12,18H,3-4,7-9H2,1-2H3,(H,15,16). The van der Waals surface area contributed by atoms with Crippen LogP contribution in [0.4, 0.5) is 11.5 Å². The third kappa shape index (κ3) is 3.35. The summed E-state index contributed by atoms with van der Waals surface area (Å²) in [6.45, 7) is 3.10. The molecule has 1 saturated carbocycles. The Labute approximate surface area is 109 Å². The zero-order valence-corrected chi connectivity index (χ0v) is 11.3. The first-order valence-electron chi connectivity index (χ1n) is 6.73. The van der Waals surface area contributed by atoms with Gasteiger partial charge >= 0.3 is 0 Å². The fourth-order valence-electron chi connectivity index (χ4n) is 2.52. The Bertz CT molecular complexity index is 366. The van der Waals surface area contributed by atoms with Crippen molar-refractivity contribution in [2.45, 2.75) is 32.2 Å². The average molecular weight is 249 g/mol. The lowest BCUT2D eigenvalue weighted by atomic mass is 10.1. The van der Waals surface area contributed by atoms with Crippen molar-refractivity contribution >= 4 is 11.5 Å². The molecule has 18 heavy (non-hydrogen) atoms. The molecule has 1 aromatic rings. The van der Waals surface area contributed by atoms with Gasteiger partial charge < -0.3 is 15.3 Å². The molecular weight excluding hydrogens is 226 g/mol. The highest BCUT2D eigenvalue weighted by Crippen LogP contribution is 2.27. The van der Waals surface area contributed by atoms with Crippen molar-refractivity contribution in [2.75, 3.05) is 30.4 Å². The van der Waals surface area contributed by atoms with E-state index in [1.165, 1.54) is 19.3 Å². The fourth-order valence-corrected chi connectivity index (χ4v) is 2.52. The van der Waals surface area contributed by atoms with Gasteiger partial charge in [0.25, 0.3) is 0 Å². The number of nitrogens with one attached hydrogen (secondary N) is 1. The molecule has 0 spiro atoms. The Hall–Kier alpha value is -1.29. The second-order valence-electron chi connectivity index (χ2n) is 5.31. The normalized spacial score (nSPS) is 23.1. The Morgan fingerprint density at radius 3 is 2.83 bits per heavy atom. The summed E-state index contributed by atoms with van der Waals surface area (Å²) >= 11 is 0. The lowest BCUT2D eigenvalue weighted by molar-refractivity contribution is 0.304. The van der Waals surface area contributed by atoms with Crippen LogP contribution in [0.1, 0.15) is 26.2 Å². The molecular formula is C14H23N3O. The van der Waals surface area contributed by atoms with Crippen LogP contribution < -0.4 is 10.2 Å². The predicted molar refractivity (Wildman–Crippen MR) is 75.0 cm³/mol. The van der Waals surface area contributed by atoms with Gasteiger partial charge in [-0.2, -0.15) is 0 Å². The molecule has 1 fully saturated rings. The van der Waals surface area contributed by atoms with Gasteiger partial charge in [0.05, 0.1) is 18.5 Å². The first kappa shape index (κ1) is 13.1. The van der Waals surface area contributed by atoms with Crippen LogP contribution in [-0.2, 0) is 0 Å². The van der Waals surface area contributed by atoms with Crippen LogP contribution in [0.2, 0.25) is 0 Å².